The Kier molecular flexibility index (Phi) is 5.22. The van der Waals surface area contributed by atoms with Crippen LogP contribution in [0.1, 0.15) is 41.6 Å². The number of ketones is 1. The number of benzene rings is 3. The van der Waals surface area contributed by atoms with Crippen molar-refractivity contribution in [3.05, 3.63) is 96.1 Å². The standard InChI is InChI=1S/C23H22O/c1-18(19-8-4-2-5-9-19)12-17-23(24)22-15-13-21(14-16-22)20-10-6-3-7-11-20/h2-11,13-16,18H,12,17H2,1H3/t18-/m0/s1. The van der Waals surface area contributed by atoms with Crippen LogP contribution in [0, 0.1) is 0 Å². The van der Waals surface area contributed by atoms with Crippen LogP contribution in [0.15, 0.2) is 84.9 Å². The van der Waals surface area contributed by atoms with E-state index in [9.17, 15) is 4.79 Å². The fraction of sp³-hybridized carbons (Fsp3) is 0.174. The lowest BCUT2D eigenvalue weighted by Gasteiger charge is -2.11. The predicted octanol–water partition coefficient (Wildman–Crippen LogP) is 6.12. The van der Waals surface area contributed by atoms with Gasteiger partial charge in [0.25, 0.3) is 0 Å². The van der Waals surface area contributed by atoms with E-state index in [0.29, 0.717) is 12.3 Å². The molecule has 0 radical (unpaired) electrons. The Labute approximate surface area is 144 Å². The van der Waals surface area contributed by atoms with Crippen LogP contribution in [0.5, 0.6) is 0 Å². The lowest BCUT2D eigenvalue weighted by Crippen LogP contribution is -2.02. The third kappa shape index (κ3) is 3.99. The number of carbonyl (C=O) groups excluding carboxylic acids is 1. The average molecular weight is 314 g/mol. The van der Waals surface area contributed by atoms with Crippen LogP contribution >= 0.6 is 0 Å². The maximum atomic E-state index is 12.4. The van der Waals surface area contributed by atoms with Crippen LogP contribution in [0.4, 0.5) is 0 Å². The van der Waals surface area contributed by atoms with Crippen LogP contribution in [0.25, 0.3) is 11.1 Å². The van der Waals surface area contributed by atoms with Gasteiger partial charge in [0, 0.05) is 12.0 Å². The third-order valence-electron chi connectivity index (χ3n) is 4.49. The van der Waals surface area contributed by atoms with Crippen LogP contribution in [0.3, 0.4) is 0 Å². The molecular formula is C23H22O. The molecule has 0 aromatic heterocycles. The quantitative estimate of drug-likeness (QED) is 0.501. The van der Waals surface area contributed by atoms with Gasteiger partial charge < -0.3 is 0 Å². The Hall–Kier alpha value is -2.67. The first kappa shape index (κ1) is 16.2. The van der Waals surface area contributed by atoms with Crippen LogP contribution in [0.2, 0.25) is 0 Å². The van der Waals surface area contributed by atoms with Crippen molar-refractivity contribution < 1.29 is 4.79 Å². The van der Waals surface area contributed by atoms with Gasteiger partial charge in [-0.1, -0.05) is 91.9 Å². The van der Waals surface area contributed by atoms with Gasteiger partial charge in [-0.05, 0) is 29.0 Å². The first-order valence-electron chi connectivity index (χ1n) is 8.47. The third-order valence-corrected chi connectivity index (χ3v) is 4.49. The van der Waals surface area contributed by atoms with Crippen molar-refractivity contribution in [2.45, 2.75) is 25.7 Å². The van der Waals surface area contributed by atoms with E-state index >= 15 is 0 Å². The molecule has 1 atom stereocenters. The van der Waals surface area contributed by atoms with E-state index in [1.165, 1.54) is 11.1 Å². The number of hydrogen-bond acceptors (Lipinski definition) is 1. The fourth-order valence-electron chi connectivity index (χ4n) is 2.92. The molecule has 0 heterocycles. The second-order valence-electron chi connectivity index (χ2n) is 6.22. The molecule has 0 aliphatic heterocycles. The molecule has 3 aromatic rings. The van der Waals surface area contributed by atoms with Gasteiger partial charge in [0.05, 0.1) is 0 Å². The fourth-order valence-corrected chi connectivity index (χ4v) is 2.92. The molecule has 0 saturated heterocycles. The van der Waals surface area contributed by atoms with Crippen LogP contribution < -0.4 is 0 Å². The number of hydrogen-bond donors (Lipinski definition) is 0. The minimum Gasteiger partial charge on any atom is -0.294 e. The van der Waals surface area contributed by atoms with E-state index in [1.807, 2.05) is 48.5 Å². The first-order chi connectivity index (χ1) is 11.7. The molecule has 120 valence electrons. The zero-order valence-corrected chi connectivity index (χ0v) is 14.0. The smallest absolute Gasteiger partial charge is 0.162 e. The maximum Gasteiger partial charge on any atom is 0.162 e. The Balaban J connectivity index is 1.61. The van der Waals surface area contributed by atoms with Crippen molar-refractivity contribution in [3.8, 4) is 11.1 Å². The van der Waals surface area contributed by atoms with Gasteiger partial charge in [0.1, 0.15) is 0 Å². The summed E-state index contributed by atoms with van der Waals surface area (Å²) >= 11 is 0. The molecule has 0 saturated carbocycles. The van der Waals surface area contributed by atoms with Crippen molar-refractivity contribution in [2.75, 3.05) is 0 Å². The second kappa shape index (κ2) is 7.74. The number of rotatable bonds is 6. The predicted molar refractivity (Wildman–Crippen MR) is 100 cm³/mol. The van der Waals surface area contributed by atoms with E-state index in [0.717, 1.165) is 17.5 Å². The minimum atomic E-state index is 0.220. The Morgan fingerprint density at radius 2 is 1.29 bits per heavy atom. The molecule has 0 amide bonds. The Morgan fingerprint density at radius 3 is 1.92 bits per heavy atom. The maximum absolute atomic E-state index is 12.4. The van der Waals surface area contributed by atoms with Gasteiger partial charge in [-0.3, -0.25) is 4.79 Å². The molecular weight excluding hydrogens is 292 g/mol. The van der Waals surface area contributed by atoms with E-state index in [4.69, 9.17) is 0 Å². The van der Waals surface area contributed by atoms with E-state index in [1.54, 1.807) is 0 Å². The largest absolute Gasteiger partial charge is 0.294 e. The molecule has 1 heteroatoms. The van der Waals surface area contributed by atoms with Crippen molar-refractivity contribution >= 4 is 5.78 Å². The van der Waals surface area contributed by atoms with Crippen LogP contribution in [-0.2, 0) is 0 Å². The molecule has 0 unspecified atom stereocenters. The van der Waals surface area contributed by atoms with Crippen LogP contribution in [-0.4, -0.2) is 5.78 Å². The average Bonchev–Trinajstić information content (AvgIpc) is 2.67. The molecule has 0 N–H and O–H groups in total. The van der Waals surface area contributed by atoms with Gasteiger partial charge >= 0.3 is 0 Å². The topological polar surface area (TPSA) is 17.1 Å². The zero-order valence-electron chi connectivity index (χ0n) is 14.0. The summed E-state index contributed by atoms with van der Waals surface area (Å²) in [5.74, 6) is 0.621. The molecule has 0 aliphatic carbocycles. The summed E-state index contributed by atoms with van der Waals surface area (Å²) in [5, 5.41) is 0. The SMILES string of the molecule is C[C@@H](CCC(=O)c1ccc(-c2ccccc2)cc1)c1ccccc1. The number of Topliss-reactive ketones (excluding diaryl/α,β-unsaturated/α-hetero) is 1. The molecule has 0 bridgehead atoms. The summed E-state index contributed by atoms with van der Waals surface area (Å²) in [5.41, 5.74) is 4.42. The highest BCUT2D eigenvalue weighted by molar-refractivity contribution is 5.96. The summed E-state index contributed by atoms with van der Waals surface area (Å²) in [4.78, 5) is 12.4. The first-order valence-corrected chi connectivity index (χ1v) is 8.47. The van der Waals surface area contributed by atoms with E-state index in [-0.39, 0.29) is 5.78 Å². The summed E-state index contributed by atoms with van der Waals surface area (Å²) in [6.45, 7) is 2.18. The lowest BCUT2D eigenvalue weighted by atomic mass is 9.93. The van der Waals surface area contributed by atoms with Crippen molar-refractivity contribution in [3.63, 3.8) is 0 Å². The minimum absolute atomic E-state index is 0.220. The molecule has 1 nitrogen and oxygen atoms in total. The van der Waals surface area contributed by atoms with Gasteiger partial charge in [0.15, 0.2) is 5.78 Å². The molecule has 0 spiro atoms. The van der Waals surface area contributed by atoms with Gasteiger partial charge in [-0.25, -0.2) is 0 Å². The van der Waals surface area contributed by atoms with Crippen molar-refractivity contribution in [1.29, 1.82) is 0 Å². The monoisotopic (exact) mass is 314 g/mol. The molecule has 3 rings (SSSR count). The summed E-state index contributed by atoms with van der Waals surface area (Å²) in [6, 6.07) is 28.6. The normalized spacial score (nSPS) is 11.9. The summed E-state index contributed by atoms with van der Waals surface area (Å²) in [7, 11) is 0. The zero-order chi connectivity index (χ0) is 16.8. The highest BCUT2D eigenvalue weighted by Crippen LogP contribution is 2.23. The van der Waals surface area contributed by atoms with Gasteiger partial charge in [0.2, 0.25) is 0 Å². The summed E-state index contributed by atoms with van der Waals surface area (Å²) in [6.07, 6.45) is 1.46. The summed E-state index contributed by atoms with van der Waals surface area (Å²) < 4.78 is 0. The second-order valence-corrected chi connectivity index (χ2v) is 6.22. The highest BCUT2D eigenvalue weighted by Gasteiger charge is 2.10. The molecule has 0 aliphatic rings. The lowest BCUT2D eigenvalue weighted by molar-refractivity contribution is 0.0978. The molecule has 3 aromatic carbocycles. The Morgan fingerprint density at radius 1 is 0.750 bits per heavy atom. The van der Waals surface area contributed by atoms with Gasteiger partial charge in [-0.2, -0.15) is 0 Å². The van der Waals surface area contributed by atoms with Crippen molar-refractivity contribution in [1.82, 2.24) is 0 Å². The van der Waals surface area contributed by atoms with Crippen molar-refractivity contribution in [2.24, 2.45) is 0 Å². The van der Waals surface area contributed by atoms with Gasteiger partial charge in [-0.15, -0.1) is 0 Å². The Bertz CT molecular complexity index is 773. The van der Waals surface area contributed by atoms with E-state index < -0.39 is 0 Å². The number of carbonyl (C=O) groups is 1. The van der Waals surface area contributed by atoms with E-state index in [2.05, 4.69) is 43.3 Å². The highest BCUT2D eigenvalue weighted by atomic mass is 16.1. The molecule has 0 fully saturated rings. The molecule has 24 heavy (non-hydrogen) atoms.